The number of ether oxygens (including phenoxy) is 2. The van der Waals surface area contributed by atoms with Crippen molar-refractivity contribution in [2.75, 3.05) is 17.2 Å². The van der Waals surface area contributed by atoms with Gasteiger partial charge in [0.15, 0.2) is 6.61 Å². The third-order valence-corrected chi connectivity index (χ3v) is 5.60. The first-order valence-electron chi connectivity index (χ1n) is 10.5. The first-order valence-corrected chi connectivity index (χ1v) is 12.1. The molecule has 182 valence electrons. The van der Waals surface area contributed by atoms with Gasteiger partial charge < -0.3 is 20.1 Å². The van der Waals surface area contributed by atoms with Gasteiger partial charge in [0.25, 0.3) is 5.91 Å². The molecular weight excluding hydrogens is 559 g/mol. The Labute approximate surface area is 220 Å². The summed E-state index contributed by atoms with van der Waals surface area (Å²) in [7, 11) is 0. The zero-order valence-electron chi connectivity index (χ0n) is 18.4. The molecule has 0 saturated heterocycles. The molecular formula is C25H21BrCl2N2O5. The normalized spacial score (nSPS) is 10.4. The number of rotatable bonds is 10. The lowest BCUT2D eigenvalue weighted by molar-refractivity contribution is -0.147. The van der Waals surface area contributed by atoms with E-state index in [0.717, 1.165) is 4.47 Å². The van der Waals surface area contributed by atoms with Gasteiger partial charge in [-0.3, -0.25) is 14.4 Å². The van der Waals surface area contributed by atoms with E-state index in [1.807, 2.05) is 0 Å². The number of halogens is 3. The van der Waals surface area contributed by atoms with Gasteiger partial charge in [-0.2, -0.15) is 0 Å². The van der Waals surface area contributed by atoms with E-state index < -0.39 is 18.5 Å². The maximum Gasteiger partial charge on any atom is 0.306 e. The topological polar surface area (TPSA) is 93.7 Å². The van der Waals surface area contributed by atoms with Crippen molar-refractivity contribution in [3.8, 4) is 11.5 Å². The lowest BCUT2D eigenvalue weighted by Crippen LogP contribution is -2.21. The minimum atomic E-state index is -0.571. The predicted molar refractivity (Wildman–Crippen MR) is 139 cm³/mol. The van der Waals surface area contributed by atoms with Crippen molar-refractivity contribution in [1.82, 2.24) is 0 Å². The molecule has 3 aromatic rings. The number of amides is 2. The number of carbonyl (C=O) groups is 3. The number of carbonyl (C=O) groups excluding carboxylic acids is 3. The van der Waals surface area contributed by atoms with Gasteiger partial charge in [0, 0.05) is 28.0 Å². The summed E-state index contributed by atoms with van der Waals surface area (Å²) in [6.45, 7) is -0.443. The molecule has 0 aliphatic heterocycles. The van der Waals surface area contributed by atoms with Gasteiger partial charge in [0.1, 0.15) is 11.5 Å². The van der Waals surface area contributed by atoms with Crippen LogP contribution in [0.2, 0.25) is 10.0 Å². The van der Waals surface area contributed by atoms with E-state index in [1.165, 1.54) is 0 Å². The Morgan fingerprint density at radius 2 is 1.46 bits per heavy atom. The number of hydrogen-bond acceptors (Lipinski definition) is 5. The van der Waals surface area contributed by atoms with Gasteiger partial charge in [0.05, 0.1) is 10.7 Å². The van der Waals surface area contributed by atoms with Gasteiger partial charge in [-0.05, 0) is 73.2 Å². The fourth-order valence-electron chi connectivity index (χ4n) is 2.86. The van der Waals surface area contributed by atoms with Crippen LogP contribution in [-0.2, 0) is 19.1 Å². The van der Waals surface area contributed by atoms with Crippen molar-refractivity contribution in [2.24, 2.45) is 0 Å². The molecule has 0 fully saturated rings. The second-order valence-electron chi connectivity index (χ2n) is 7.32. The summed E-state index contributed by atoms with van der Waals surface area (Å²) in [5.74, 6) is -0.0682. The Balaban J connectivity index is 1.33. The van der Waals surface area contributed by atoms with E-state index in [-0.39, 0.29) is 25.2 Å². The van der Waals surface area contributed by atoms with Crippen LogP contribution < -0.4 is 15.4 Å². The molecule has 35 heavy (non-hydrogen) atoms. The fourth-order valence-corrected chi connectivity index (χ4v) is 3.70. The van der Waals surface area contributed by atoms with Gasteiger partial charge in [-0.25, -0.2) is 0 Å². The van der Waals surface area contributed by atoms with Crippen LogP contribution in [0.25, 0.3) is 0 Å². The van der Waals surface area contributed by atoms with Crippen molar-refractivity contribution in [2.45, 2.75) is 19.3 Å². The molecule has 0 spiro atoms. The predicted octanol–water partition coefficient (Wildman–Crippen LogP) is 6.84. The average Bonchev–Trinajstić information content (AvgIpc) is 2.82. The molecule has 10 heteroatoms. The maximum atomic E-state index is 12.1. The van der Waals surface area contributed by atoms with Crippen molar-refractivity contribution in [3.63, 3.8) is 0 Å². The van der Waals surface area contributed by atoms with Crippen LogP contribution >= 0.6 is 39.1 Å². The summed E-state index contributed by atoms with van der Waals surface area (Å²) < 4.78 is 11.4. The van der Waals surface area contributed by atoms with Crippen molar-refractivity contribution in [1.29, 1.82) is 0 Å². The largest absolute Gasteiger partial charge is 0.457 e. The van der Waals surface area contributed by atoms with E-state index in [1.54, 1.807) is 66.7 Å². The van der Waals surface area contributed by atoms with Gasteiger partial charge >= 0.3 is 5.97 Å². The number of esters is 1. The minimum Gasteiger partial charge on any atom is -0.457 e. The van der Waals surface area contributed by atoms with Crippen molar-refractivity contribution in [3.05, 3.63) is 81.2 Å². The van der Waals surface area contributed by atoms with E-state index in [0.29, 0.717) is 32.9 Å². The van der Waals surface area contributed by atoms with Crippen LogP contribution in [0.15, 0.2) is 71.2 Å². The Hall–Kier alpha value is -3.07. The second-order valence-corrected chi connectivity index (χ2v) is 9.07. The highest BCUT2D eigenvalue weighted by Crippen LogP contribution is 2.26. The molecule has 0 atom stereocenters. The molecule has 0 unspecified atom stereocenters. The lowest BCUT2D eigenvalue weighted by atomic mass is 10.2. The maximum absolute atomic E-state index is 12.1. The number of benzene rings is 3. The molecule has 2 N–H and O–H groups in total. The van der Waals surface area contributed by atoms with Crippen LogP contribution in [0.3, 0.4) is 0 Å². The molecule has 0 bridgehead atoms. The lowest BCUT2D eigenvalue weighted by Gasteiger charge is -2.09. The van der Waals surface area contributed by atoms with Crippen LogP contribution in [0.1, 0.15) is 19.3 Å². The van der Waals surface area contributed by atoms with Crippen LogP contribution in [0, 0.1) is 0 Å². The molecule has 0 heterocycles. The Bertz CT molecular complexity index is 1190. The standard InChI is InChI=1S/C25H21BrCl2N2O5/c26-16-4-13-22(21(28)14-16)30-24(32)15-34-25(33)3-1-2-23(31)29-18-7-11-20(12-8-18)35-19-9-5-17(27)6-10-19/h4-14H,1-3,15H2,(H,29,31)(H,30,32). The smallest absolute Gasteiger partial charge is 0.306 e. The highest BCUT2D eigenvalue weighted by atomic mass is 79.9. The summed E-state index contributed by atoms with van der Waals surface area (Å²) in [5, 5.41) is 6.30. The first-order chi connectivity index (χ1) is 16.8. The highest BCUT2D eigenvalue weighted by molar-refractivity contribution is 9.10. The molecule has 2 amide bonds. The molecule has 3 rings (SSSR count). The van der Waals surface area contributed by atoms with Crippen LogP contribution in [0.5, 0.6) is 11.5 Å². The third-order valence-electron chi connectivity index (χ3n) is 4.54. The Kier molecular flexibility index (Phi) is 9.96. The van der Waals surface area contributed by atoms with E-state index in [2.05, 4.69) is 26.6 Å². The molecule has 0 aromatic heterocycles. The minimum absolute atomic E-state index is 0.00755. The molecule has 3 aromatic carbocycles. The first kappa shape index (κ1) is 26.5. The SMILES string of the molecule is O=C(CCCC(=O)OCC(=O)Nc1ccc(Br)cc1Cl)Nc1ccc(Oc2ccc(Cl)cc2)cc1. The summed E-state index contributed by atoms with van der Waals surface area (Å²) in [6, 6.07) is 18.9. The number of nitrogens with one attached hydrogen (secondary N) is 2. The monoisotopic (exact) mass is 578 g/mol. The average molecular weight is 580 g/mol. The quantitative estimate of drug-likeness (QED) is 0.256. The van der Waals surface area contributed by atoms with Crippen molar-refractivity contribution < 1.29 is 23.9 Å². The van der Waals surface area contributed by atoms with Gasteiger partial charge in [0.2, 0.25) is 5.91 Å². The van der Waals surface area contributed by atoms with E-state index in [4.69, 9.17) is 32.7 Å². The molecule has 0 aliphatic carbocycles. The van der Waals surface area contributed by atoms with E-state index >= 15 is 0 Å². The molecule has 7 nitrogen and oxygen atoms in total. The fraction of sp³-hybridized carbons (Fsp3) is 0.160. The van der Waals surface area contributed by atoms with Gasteiger partial charge in [-0.15, -0.1) is 0 Å². The van der Waals surface area contributed by atoms with Crippen molar-refractivity contribution >= 4 is 68.3 Å². The summed E-state index contributed by atoms with van der Waals surface area (Å²) in [6.07, 6.45) is 0.412. The summed E-state index contributed by atoms with van der Waals surface area (Å²) in [4.78, 5) is 36.0. The molecule has 0 saturated carbocycles. The highest BCUT2D eigenvalue weighted by Gasteiger charge is 2.11. The van der Waals surface area contributed by atoms with Crippen LogP contribution in [0.4, 0.5) is 11.4 Å². The zero-order valence-corrected chi connectivity index (χ0v) is 21.5. The molecule has 0 radical (unpaired) electrons. The Morgan fingerprint density at radius 1 is 0.800 bits per heavy atom. The van der Waals surface area contributed by atoms with E-state index in [9.17, 15) is 14.4 Å². The zero-order chi connectivity index (χ0) is 25.2. The summed E-state index contributed by atoms with van der Waals surface area (Å²) >= 11 is 15.2. The Morgan fingerprint density at radius 3 is 2.11 bits per heavy atom. The molecule has 0 aliphatic rings. The number of anilines is 2. The summed E-state index contributed by atoms with van der Waals surface area (Å²) in [5.41, 5.74) is 1.02. The second kappa shape index (κ2) is 13.1. The third kappa shape index (κ3) is 9.24. The number of hydrogen-bond donors (Lipinski definition) is 2. The van der Waals surface area contributed by atoms with Gasteiger partial charge in [-0.1, -0.05) is 39.1 Å². The van der Waals surface area contributed by atoms with Crippen LogP contribution in [-0.4, -0.2) is 24.4 Å².